The standard InChI is InChI=1S/C26H27N7O3/c1-35-23-14-18(15-29-25(23)36-2)21-6-5-20-22(30-21)17-33(26(20)34)19-4-7-24(28-16-19)32-12-10-31(11-13-32)9-3-8-27/h4-7,14-16H,3,9-13,17H2,1-2H3. The van der Waals surface area contributed by atoms with E-state index in [4.69, 9.17) is 19.7 Å². The van der Waals surface area contributed by atoms with E-state index in [2.05, 4.69) is 25.8 Å². The predicted octanol–water partition coefficient (Wildman–Crippen LogP) is 2.75. The first-order valence-electron chi connectivity index (χ1n) is 11.8. The summed E-state index contributed by atoms with van der Waals surface area (Å²) in [6, 6.07) is 11.6. The maximum Gasteiger partial charge on any atom is 0.260 e. The molecule has 0 aliphatic carbocycles. The van der Waals surface area contributed by atoms with Gasteiger partial charge in [-0.05, 0) is 30.3 Å². The molecule has 184 valence electrons. The van der Waals surface area contributed by atoms with Crippen molar-refractivity contribution in [2.45, 2.75) is 13.0 Å². The zero-order chi connectivity index (χ0) is 25.1. The Morgan fingerprint density at radius 1 is 1.03 bits per heavy atom. The second kappa shape index (κ2) is 10.2. The molecule has 10 heteroatoms. The highest BCUT2D eigenvalue weighted by Gasteiger charge is 2.30. The molecule has 1 fully saturated rings. The van der Waals surface area contributed by atoms with Crippen molar-refractivity contribution >= 4 is 17.4 Å². The summed E-state index contributed by atoms with van der Waals surface area (Å²) in [5.41, 5.74) is 3.53. The lowest BCUT2D eigenvalue weighted by molar-refractivity contribution is 0.0996. The van der Waals surface area contributed by atoms with Crippen molar-refractivity contribution in [1.29, 1.82) is 5.26 Å². The highest BCUT2D eigenvalue weighted by molar-refractivity contribution is 6.09. The first kappa shape index (κ1) is 23.5. The molecule has 0 spiro atoms. The van der Waals surface area contributed by atoms with Crippen molar-refractivity contribution in [3.63, 3.8) is 0 Å². The van der Waals surface area contributed by atoms with Gasteiger partial charge in [0.15, 0.2) is 5.75 Å². The van der Waals surface area contributed by atoms with Crippen LogP contribution in [-0.4, -0.2) is 72.7 Å². The number of hydrogen-bond donors (Lipinski definition) is 0. The van der Waals surface area contributed by atoms with E-state index in [1.54, 1.807) is 31.5 Å². The molecule has 0 aromatic carbocycles. The van der Waals surface area contributed by atoms with Gasteiger partial charge in [-0.1, -0.05) is 0 Å². The Balaban J connectivity index is 1.29. The fourth-order valence-corrected chi connectivity index (χ4v) is 4.56. The summed E-state index contributed by atoms with van der Waals surface area (Å²) < 4.78 is 10.6. The lowest BCUT2D eigenvalue weighted by atomic mass is 10.1. The van der Waals surface area contributed by atoms with Crippen LogP contribution in [0.1, 0.15) is 22.5 Å². The maximum absolute atomic E-state index is 13.1. The van der Waals surface area contributed by atoms with Gasteiger partial charge < -0.3 is 19.3 Å². The van der Waals surface area contributed by atoms with E-state index in [1.165, 1.54) is 0 Å². The molecule has 1 saturated heterocycles. The van der Waals surface area contributed by atoms with Crippen LogP contribution in [0.15, 0.2) is 42.7 Å². The lowest BCUT2D eigenvalue weighted by Gasteiger charge is -2.35. The molecule has 5 heterocycles. The Morgan fingerprint density at radius 2 is 1.86 bits per heavy atom. The van der Waals surface area contributed by atoms with Gasteiger partial charge in [0.05, 0.1) is 55.7 Å². The van der Waals surface area contributed by atoms with Crippen LogP contribution in [0.25, 0.3) is 11.3 Å². The number of piperazine rings is 1. The number of pyridine rings is 3. The molecule has 0 atom stereocenters. The normalized spacial score (nSPS) is 15.5. The molecule has 10 nitrogen and oxygen atoms in total. The molecular formula is C26H27N7O3. The van der Waals surface area contributed by atoms with Crippen molar-refractivity contribution in [1.82, 2.24) is 19.9 Å². The largest absolute Gasteiger partial charge is 0.491 e. The second-order valence-corrected chi connectivity index (χ2v) is 8.63. The Morgan fingerprint density at radius 3 is 2.56 bits per heavy atom. The van der Waals surface area contributed by atoms with E-state index in [0.29, 0.717) is 41.5 Å². The van der Waals surface area contributed by atoms with Gasteiger partial charge in [0.25, 0.3) is 11.8 Å². The summed E-state index contributed by atoms with van der Waals surface area (Å²) in [5, 5.41) is 8.78. The van der Waals surface area contributed by atoms with Gasteiger partial charge in [0, 0.05) is 50.9 Å². The van der Waals surface area contributed by atoms with E-state index in [9.17, 15) is 4.79 Å². The number of ether oxygens (including phenoxy) is 2. The average molecular weight is 486 g/mol. The van der Waals surface area contributed by atoms with Crippen LogP contribution in [0.2, 0.25) is 0 Å². The first-order chi connectivity index (χ1) is 17.6. The van der Waals surface area contributed by atoms with Gasteiger partial charge in [0.1, 0.15) is 5.82 Å². The van der Waals surface area contributed by atoms with Crippen molar-refractivity contribution in [3.05, 3.63) is 54.0 Å². The average Bonchev–Trinajstić information content (AvgIpc) is 3.27. The molecule has 0 N–H and O–H groups in total. The fraction of sp³-hybridized carbons (Fsp3) is 0.346. The van der Waals surface area contributed by atoms with Gasteiger partial charge in [-0.25, -0.2) is 9.97 Å². The number of carbonyl (C=O) groups excluding carboxylic acids is 1. The third-order valence-corrected chi connectivity index (χ3v) is 6.56. The molecule has 2 aliphatic rings. The number of carbonyl (C=O) groups is 1. The van der Waals surface area contributed by atoms with E-state index in [1.807, 2.05) is 30.3 Å². The summed E-state index contributed by atoms with van der Waals surface area (Å²) in [6.45, 7) is 4.74. The van der Waals surface area contributed by atoms with E-state index in [0.717, 1.165) is 49.8 Å². The quantitative estimate of drug-likeness (QED) is 0.499. The topological polar surface area (TPSA) is 108 Å². The Hall–Kier alpha value is -4.23. The van der Waals surface area contributed by atoms with Crippen molar-refractivity contribution < 1.29 is 14.3 Å². The second-order valence-electron chi connectivity index (χ2n) is 8.63. The van der Waals surface area contributed by atoms with Gasteiger partial charge in [-0.3, -0.25) is 14.7 Å². The van der Waals surface area contributed by atoms with Crippen LogP contribution in [-0.2, 0) is 6.54 Å². The highest BCUT2D eigenvalue weighted by Crippen LogP contribution is 2.32. The van der Waals surface area contributed by atoms with Crippen LogP contribution >= 0.6 is 0 Å². The first-order valence-corrected chi connectivity index (χ1v) is 11.8. The third kappa shape index (κ3) is 4.53. The molecule has 0 unspecified atom stereocenters. The number of rotatable bonds is 7. The van der Waals surface area contributed by atoms with E-state index < -0.39 is 0 Å². The minimum Gasteiger partial charge on any atom is -0.491 e. The Kier molecular flexibility index (Phi) is 6.64. The molecule has 3 aromatic rings. The summed E-state index contributed by atoms with van der Waals surface area (Å²) in [5.74, 6) is 1.73. The number of methoxy groups -OCH3 is 2. The van der Waals surface area contributed by atoms with Crippen LogP contribution < -0.4 is 19.3 Å². The maximum atomic E-state index is 13.1. The predicted molar refractivity (Wildman–Crippen MR) is 134 cm³/mol. The van der Waals surface area contributed by atoms with Crippen LogP contribution in [0.5, 0.6) is 11.6 Å². The molecule has 36 heavy (non-hydrogen) atoms. The molecule has 3 aromatic heterocycles. The van der Waals surface area contributed by atoms with E-state index >= 15 is 0 Å². The highest BCUT2D eigenvalue weighted by atomic mass is 16.5. The molecule has 1 amide bonds. The Labute approximate surface area is 209 Å². The minimum atomic E-state index is -0.0878. The smallest absolute Gasteiger partial charge is 0.260 e. The van der Waals surface area contributed by atoms with Crippen molar-refractivity contribution in [2.24, 2.45) is 0 Å². The molecule has 0 radical (unpaired) electrons. The van der Waals surface area contributed by atoms with Crippen LogP contribution in [0, 0.1) is 11.3 Å². The molecule has 0 bridgehead atoms. The monoisotopic (exact) mass is 485 g/mol. The van der Waals surface area contributed by atoms with Crippen molar-refractivity contribution in [3.8, 4) is 29.0 Å². The summed E-state index contributed by atoms with van der Waals surface area (Å²) in [4.78, 5) is 33.0. The SMILES string of the molecule is COc1cc(-c2ccc3c(n2)CN(c2ccc(N4CCN(CCC#N)CC4)nc2)C3=O)cnc1OC. The number of aromatic nitrogens is 3. The summed E-state index contributed by atoms with van der Waals surface area (Å²) in [6.07, 6.45) is 3.98. The molecule has 2 aliphatic heterocycles. The van der Waals surface area contributed by atoms with Gasteiger partial charge in [-0.15, -0.1) is 0 Å². The third-order valence-electron chi connectivity index (χ3n) is 6.56. The van der Waals surface area contributed by atoms with Crippen molar-refractivity contribution in [2.75, 3.05) is 56.7 Å². The van der Waals surface area contributed by atoms with Gasteiger partial charge in [-0.2, -0.15) is 5.26 Å². The molecule has 0 saturated carbocycles. The lowest BCUT2D eigenvalue weighted by Crippen LogP contribution is -2.46. The number of anilines is 2. The number of hydrogen-bond acceptors (Lipinski definition) is 9. The summed E-state index contributed by atoms with van der Waals surface area (Å²) in [7, 11) is 3.10. The fourth-order valence-electron chi connectivity index (χ4n) is 4.56. The molecular weight excluding hydrogens is 458 g/mol. The van der Waals surface area contributed by atoms with E-state index in [-0.39, 0.29) is 5.91 Å². The van der Waals surface area contributed by atoms with Gasteiger partial charge in [0.2, 0.25) is 0 Å². The van der Waals surface area contributed by atoms with Crippen LogP contribution in [0.3, 0.4) is 0 Å². The number of nitriles is 1. The van der Waals surface area contributed by atoms with Crippen LogP contribution in [0.4, 0.5) is 11.5 Å². The zero-order valence-electron chi connectivity index (χ0n) is 20.3. The number of amides is 1. The Bertz CT molecular complexity index is 1300. The molecule has 5 rings (SSSR count). The zero-order valence-corrected chi connectivity index (χ0v) is 20.3. The number of nitrogens with zero attached hydrogens (tertiary/aromatic N) is 7. The number of fused-ring (bicyclic) bond motifs is 1. The minimum absolute atomic E-state index is 0.0878. The van der Waals surface area contributed by atoms with Gasteiger partial charge >= 0.3 is 0 Å². The summed E-state index contributed by atoms with van der Waals surface area (Å²) >= 11 is 0.